The van der Waals surface area contributed by atoms with E-state index in [0.717, 1.165) is 0 Å². The predicted molar refractivity (Wildman–Crippen MR) is 79.1 cm³/mol. The van der Waals surface area contributed by atoms with Gasteiger partial charge in [0.05, 0.1) is 4.90 Å². The minimum absolute atomic E-state index is 0.156. The molecule has 6 nitrogen and oxygen atoms in total. The van der Waals surface area contributed by atoms with Gasteiger partial charge in [0.15, 0.2) is 0 Å². The molecule has 3 N–H and O–H groups in total. The molecule has 1 unspecified atom stereocenters. The van der Waals surface area contributed by atoms with E-state index in [9.17, 15) is 13.2 Å². The van der Waals surface area contributed by atoms with E-state index < -0.39 is 10.0 Å². The van der Waals surface area contributed by atoms with Gasteiger partial charge in [-0.05, 0) is 38.7 Å². The summed E-state index contributed by atoms with van der Waals surface area (Å²) in [5.74, 6) is -0.360. The van der Waals surface area contributed by atoms with Crippen LogP contribution in [0.5, 0.6) is 0 Å². The first-order chi connectivity index (χ1) is 9.31. The van der Waals surface area contributed by atoms with Crippen LogP contribution < -0.4 is 15.4 Å². The van der Waals surface area contributed by atoms with Gasteiger partial charge >= 0.3 is 0 Å². The highest BCUT2D eigenvalue weighted by Crippen LogP contribution is 2.20. The lowest BCUT2D eigenvalue weighted by molar-refractivity contribution is -0.119. The van der Waals surface area contributed by atoms with E-state index in [1.54, 1.807) is 33.0 Å². The van der Waals surface area contributed by atoms with Crippen molar-refractivity contribution in [3.05, 3.63) is 23.8 Å². The fourth-order valence-corrected chi connectivity index (χ4v) is 2.74. The highest BCUT2D eigenvalue weighted by atomic mass is 32.2. The zero-order chi connectivity index (χ0) is 15.3. The molecule has 0 saturated heterocycles. The maximum absolute atomic E-state index is 11.9. The monoisotopic (exact) mass is 299 g/mol. The van der Waals surface area contributed by atoms with Crippen LogP contribution in [-0.2, 0) is 14.8 Å². The highest BCUT2D eigenvalue weighted by Gasteiger charge is 2.17. The van der Waals surface area contributed by atoms with Crippen LogP contribution in [0.3, 0.4) is 0 Å². The van der Waals surface area contributed by atoms with Gasteiger partial charge in [-0.25, -0.2) is 13.1 Å². The minimum Gasteiger partial charge on any atom is -0.326 e. The van der Waals surface area contributed by atoms with E-state index in [0.29, 0.717) is 17.8 Å². The van der Waals surface area contributed by atoms with Crippen LogP contribution in [0.15, 0.2) is 23.1 Å². The fraction of sp³-hybridized carbons (Fsp3) is 0.462. The van der Waals surface area contributed by atoms with Gasteiger partial charge in [-0.3, -0.25) is 4.79 Å². The average Bonchev–Trinajstić information content (AvgIpc) is 2.41. The maximum Gasteiger partial charge on any atom is 0.240 e. The lowest BCUT2D eigenvalue weighted by Gasteiger charge is -2.13. The zero-order valence-corrected chi connectivity index (χ0v) is 13.0. The summed E-state index contributed by atoms with van der Waals surface area (Å²) in [6.45, 7) is 4.06. The van der Waals surface area contributed by atoms with Crippen LogP contribution in [0.1, 0.15) is 12.5 Å². The molecule has 1 aromatic carbocycles. The van der Waals surface area contributed by atoms with E-state index in [1.807, 2.05) is 0 Å². The van der Waals surface area contributed by atoms with Crippen molar-refractivity contribution in [2.24, 2.45) is 5.92 Å². The molecule has 0 aliphatic heterocycles. The van der Waals surface area contributed by atoms with E-state index in [2.05, 4.69) is 15.4 Å². The van der Waals surface area contributed by atoms with E-state index in [1.165, 1.54) is 13.1 Å². The Kier molecular flexibility index (Phi) is 5.67. The van der Waals surface area contributed by atoms with Gasteiger partial charge in [-0.2, -0.15) is 0 Å². The van der Waals surface area contributed by atoms with Crippen molar-refractivity contribution in [3.8, 4) is 0 Å². The first kappa shape index (κ1) is 16.6. The molecule has 1 amide bonds. The largest absolute Gasteiger partial charge is 0.326 e. The molecule has 20 heavy (non-hydrogen) atoms. The van der Waals surface area contributed by atoms with Crippen LogP contribution in [0, 0.1) is 12.8 Å². The predicted octanol–water partition coefficient (Wildman–Crippen LogP) is 0.697. The second-order valence-electron chi connectivity index (χ2n) is 4.64. The average molecular weight is 299 g/mol. The fourth-order valence-electron chi connectivity index (χ4n) is 1.74. The molecule has 0 aliphatic rings. The number of hydrogen-bond acceptors (Lipinski definition) is 4. The summed E-state index contributed by atoms with van der Waals surface area (Å²) in [6.07, 6.45) is 0. The number of aryl methyl sites for hydroxylation is 1. The van der Waals surface area contributed by atoms with Crippen LogP contribution >= 0.6 is 0 Å². The van der Waals surface area contributed by atoms with Gasteiger partial charge in [0.2, 0.25) is 15.9 Å². The molecule has 0 aliphatic carbocycles. The first-order valence-electron chi connectivity index (χ1n) is 6.31. The molecule has 1 atom stereocenters. The minimum atomic E-state index is -3.53. The number of carbonyl (C=O) groups is 1. The third kappa shape index (κ3) is 4.03. The second-order valence-corrected chi connectivity index (χ2v) is 6.49. The number of rotatable bonds is 6. The summed E-state index contributed by atoms with van der Waals surface area (Å²) >= 11 is 0. The van der Waals surface area contributed by atoms with Crippen LogP contribution in [0.4, 0.5) is 5.69 Å². The van der Waals surface area contributed by atoms with Crippen molar-refractivity contribution in [1.29, 1.82) is 0 Å². The Morgan fingerprint density at radius 3 is 2.50 bits per heavy atom. The summed E-state index contributed by atoms with van der Waals surface area (Å²) in [5, 5.41) is 5.64. The molecule has 0 fully saturated rings. The Balaban J connectivity index is 3.00. The number of benzene rings is 1. The summed E-state index contributed by atoms with van der Waals surface area (Å²) in [7, 11) is -0.404. The van der Waals surface area contributed by atoms with Gasteiger partial charge in [-0.1, -0.05) is 13.0 Å². The van der Waals surface area contributed by atoms with Gasteiger partial charge in [0.1, 0.15) is 0 Å². The summed E-state index contributed by atoms with van der Waals surface area (Å²) in [4.78, 5) is 12.1. The number of amides is 1. The van der Waals surface area contributed by atoms with Gasteiger partial charge < -0.3 is 10.6 Å². The number of carbonyl (C=O) groups excluding carboxylic acids is 1. The van der Waals surface area contributed by atoms with Crippen LogP contribution in [0.25, 0.3) is 0 Å². The van der Waals surface area contributed by atoms with E-state index in [-0.39, 0.29) is 16.7 Å². The van der Waals surface area contributed by atoms with Gasteiger partial charge in [0.25, 0.3) is 0 Å². The number of anilines is 1. The Labute approximate surface area is 120 Å². The molecule has 1 aromatic rings. The highest BCUT2D eigenvalue weighted by molar-refractivity contribution is 7.89. The second kappa shape index (κ2) is 6.83. The summed E-state index contributed by atoms with van der Waals surface area (Å²) in [5.41, 5.74) is 1.10. The topological polar surface area (TPSA) is 87.3 Å². The number of nitrogens with one attached hydrogen (secondary N) is 3. The molecule has 0 heterocycles. The quantitative estimate of drug-likeness (QED) is 0.721. The maximum atomic E-state index is 11.9. The third-order valence-corrected chi connectivity index (χ3v) is 4.53. The van der Waals surface area contributed by atoms with Gasteiger partial charge in [0, 0.05) is 18.2 Å². The van der Waals surface area contributed by atoms with Crippen molar-refractivity contribution < 1.29 is 13.2 Å². The van der Waals surface area contributed by atoms with Crippen LogP contribution in [0.2, 0.25) is 0 Å². The molecular formula is C13H21N3O3S. The Morgan fingerprint density at radius 1 is 1.30 bits per heavy atom. The molecule has 0 saturated carbocycles. The van der Waals surface area contributed by atoms with Crippen molar-refractivity contribution in [3.63, 3.8) is 0 Å². The zero-order valence-electron chi connectivity index (χ0n) is 12.1. The lowest BCUT2D eigenvalue weighted by atomic mass is 10.1. The van der Waals surface area contributed by atoms with Crippen molar-refractivity contribution in [1.82, 2.24) is 10.0 Å². The molecule has 0 spiro atoms. The molecule has 7 heteroatoms. The first-order valence-corrected chi connectivity index (χ1v) is 7.79. The van der Waals surface area contributed by atoms with Crippen molar-refractivity contribution in [2.45, 2.75) is 18.7 Å². The number of sulfonamides is 1. The van der Waals surface area contributed by atoms with E-state index >= 15 is 0 Å². The molecule has 0 bridgehead atoms. The van der Waals surface area contributed by atoms with E-state index in [4.69, 9.17) is 0 Å². The summed E-state index contributed by atoms with van der Waals surface area (Å²) < 4.78 is 26.0. The van der Waals surface area contributed by atoms with Crippen molar-refractivity contribution in [2.75, 3.05) is 26.0 Å². The normalized spacial score (nSPS) is 13.0. The molecular weight excluding hydrogens is 278 g/mol. The SMILES string of the molecule is CNCC(C)C(=O)Nc1ccc(C)c(S(=O)(=O)NC)c1. The van der Waals surface area contributed by atoms with Gasteiger partial charge in [-0.15, -0.1) is 0 Å². The Bertz CT molecular complexity index is 585. The summed E-state index contributed by atoms with van der Waals surface area (Å²) in [6, 6.07) is 4.82. The molecule has 112 valence electrons. The van der Waals surface area contributed by atoms with Crippen LogP contribution in [-0.4, -0.2) is 35.0 Å². The van der Waals surface area contributed by atoms with Crippen molar-refractivity contribution >= 4 is 21.6 Å². The molecule has 0 radical (unpaired) electrons. The smallest absolute Gasteiger partial charge is 0.240 e. The Hall–Kier alpha value is -1.44. The molecule has 1 rings (SSSR count). The standard InChI is InChI=1S/C13H21N3O3S/c1-9-5-6-11(7-12(9)20(18,19)15-4)16-13(17)10(2)8-14-3/h5-7,10,14-15H,8H2,1-4H3,(H,16,17). The number of hydrogen-bond donors (Lipinski definition) is 3. The third-order valence-electron chi connectivity index (χ3n) is 2.97. The molecule has 0 aromatic heterocycles. The Morgan fingerprint density at radius 2 is 1.95 bits per heavy atom. The lowest BCUT2D eigenvalue weighted by Crippen LogP contribution is -2.28.